The second-order valence-electron chi connectivity index (χ2n) is 5.22. The highest BCUT2D eigenvalue weighted by atomic mass is 16.5. The smallest absolute Gasteiger partial charge is 0.0622 e. The highest BCUT2D eigenvalue weighted by Gasteiger charge is 2.25. The summed E-state index contributed by atoms with van der Waals surface area (Å²) in [5.41, 5.74) is 0. The molecule has 2 aliphatic heterocycles. The number of hydrogen-bond acceptors (Lipinski definition) is 4. The Kier molecular flexibility index (Phi) is 5.71. The van der Waals surface area contributed by atoms with E-state index in [1.807, 2.05) is 0 Å². The molecule has 2 saturated heterocycles. The van der Waals surface area contributed by atoms with Gasteiger partial charge in [-0.15, -0.1) is 0 Å². The minimum Gasteiger partial charge on any atom is -0.383 e. The van der Waals surface area contributed by atoms with E-state index in [2.05, 4.69) is 10.2 Å². The number of hydrogen-bond donors (Lipinski definition) is 1. The molecule has 100 valence electrons. The lowest BCUT2D eigenvalue weighted by Gasteiger charge is -2.33. The van der Waals surface area contributed by atoms with E-state index in [0.717, 1.165) is 32.3 Å². The van der Waals surface area contributed by atoms with E-state index in [-0.39, 0.29) is 0 Å². The van der Waals surface area contributed by atoms with Crippen LogP contribution in [0.15, 0.2) is 0 Å². The Morgan fingerprint density at radius 2 is 2.35 bits per heavy atom. The van der Waals surface area contributed by atoms with Gasteiger partial charge in [0.2, 0.25) is 0 Å². The van der Waals surface area contributed by atoms with E-state index < -0.39 is 0 Å². The molecular formula is C13H26N2O2. The molecule has 2 atom stereocenters. The first-order valence-electron chi connectivity index (χ1n) is 6.91. The Labute approximate surface area is 105 Å². The predicted octanol–water partition coefficient (Wildman–Crippen LogP) is 0.723. The predicted molar refractivity (Wildman–Crippen MR) is 68.3 cm³/mol. The molecular weight excluding hydrogens is 216 g/mol. The van der Waals surface area contributed by atoms with Crippen LogP contribution < -0.4 is 5.32 Å². The summed E-state index contributed by atoms with van der Waals surface area (Å²) in [6, 6.07) is 0.618. The molecule has 0 aromatic rings. The molecule has 2 aliphatic rings. The molecule has 2 heterocycles. The summed E-state index contributed by atoms with van der Waals surface area (Å²) in [6.07, 6.45) is 3.87. The van der Waals surface area contributed by atoms with Crippen molar-refractivity contribution >= 4 is 0 Å². The molecule has 0 aromatic heterocycles. The molecule has 0 saturated carbocycles. The van der Waals surface area contributed by atoms with Crippen molar-refractivity contribution in [2.75, 3.05) is 53.1 Å². The molecule has 2 rings (SSSR count). The summed E-state index contributed by atoms with van der Waals surface area (Å²) in [5.74, 6) is 0.807. The molecule has 0 aromatic carbocycles. The van der Waals surface area contributed by atoms with E-state index in [0.29, 0.717) is 6.04 Å². The standard InChI is InChI=1S/C13H26N2O2/c1-16-8-6-15(13-4-7-17-11-13)10-12-3-2-5-14-9-12/h12-14H,2-11H2,1H3. The minimum absolute atomic E-state index is 0.618. The summed E-state index contributed by atoms with van der Waals surface area (Å²) < 4.78 is 10.7. The van der Waals surface area contributed by atoms with E-state index >= 15 is 0 Å². The third-order valence-corrected chi connectivity index (χ3v) is 3.90. The fourth-order valence-corrected chi connectivity index (χ4v) is 2.85. The maximum atomic E-state index is 5.51. The Bertz CT molecular complexity index is 202. The summed E-state index contributed by atoms with van der Waals surface area (Å²) in [4.78, 5) is 2.58. The van der Waals surface area contributed by atoms with Crippen LogP contribution in [0.5, 0.6) is 0 Å². The van der Waals surface area contributed by atoms with Crippen LogP contribution in [0.25, 0.3) is 0 Å². The van der Waals surface area contributed by atoms with Crippen LogP contribution >= 0.6 is 0 Å². The van der Waals surface area contributed by atoms with Gasteiger partial charge < -0.3 is 14.8 Å². The monoisotopic (exact) mass is 242 g/mol. The summed E-state index contributed by atoms with van der Waals surface area (Å²) in [6.45, 7) is 7.28. The lowest BCUT2D eigenvalue weighted by atomic mass is 9.98. The Morgan fingerprint density at radius 3 is 3.00 bits per heavy atom. The molecule has 1 N–H and O–H groups in total. The fraction of sp³-hybridized carbons (Fsp3) is 1.00. The maximum Gasteiger partial charge on any atom is 0.0622 e. The van der Waals surface area contributed by atoms with Gasteiger partial charge in [0.15, 0.2) is 0 Å². The molecule has 0 amide bonds. The molecule has 2 unspecified atom stereocenters. The first-order chi connectivity index (χ1) is 8.40. The zero-order valence-electron chi connectivity index (χ0n) is 11.0. The summed E-state index contributed by atoms with van der Waals surface area (Å²) >= 11 is 0. The zero-order valence-corrected chi connectivity index (χ0v) is 11.0. The van der Waals surface area contributed by atoms with Crippen molar-refractivity contribution in [3.8, 4) is 0 Å². The van der Waals surface area contributed by atoms with E-state index in [9.17, 15) is 0 Å². The molecule has 4 heteroatoms. The van der Waals surface area contributed by atoms with Gasteiger partial charge in [-0.2, -0.15) is 0 Å². The van der Waals surface area contributed by atoms with Gasteiger partial charge in [0.05, 0.1) is 13.2 Å². The average Bonchev–Trinajstić information content (AvgIpc) is 2.89. The Hall–Kier alpha value is -0.160. The zero-order chi connectivity index (χ0) is 11.9. The average molecular weight is 242 g/mol. The maximum absolute atomic E-state index is 5.51. The summed E-state index contributed by atoms with van der Waals surface area (Å²) in [5, 5.41) is 3.50. The SMILES string of the molecule is COCCN(CC1CCCNC1)C1CCOC1. The number of nitrogens with zero attached hydrogens (tertiary/aromatic N) is 1. The van der Waals surface area contributed by atoms with Gasteiger partial charge in [-0.1, -0.05) is 0 Å². The molecule has 4 nitrogen and oxygen atoms in total. The quantitative estimate of drug-likeness (QED) is 0.744. The molecule has 17 heavy (non-hydrogen) atoms. The van der Waals surface area contributed by atoms with Gasteiger partial charge in [0.25, 0.3) is 0 Å². The number of piperidine rings is 1. The molecule has 0 spiro atoms. The van der Waals surface area contributed by atoms with Crippen molar-refractivity contribution in [1.82, 2.24) is 10.2 Å². The Balaban J connectivity index is 1.80. The van der Waals surface area contributed by atoms with Gasteiger partial charge in [0.1, 0.15) is 0 Å². The van der Waals surface area contributed by atoms with Gasteiger partial charge in [0, 0.05) is 32.8 Å². The molecule has 2 fully saturated rings. The largest absolute Gasteiger partial charge is 0.383 e. The lowest BCUT2D eigenvalue weighted by molar-refractivity contribution is 0.0891. The summed E-state index contributed by atoms with van der Waals surface area (Å²) in [7, 11) is 1.78. The van der Waals surface area contributed by atoms with Crippen LogP contribution in [0.3, 0.4) is 0 Å². The number of methoxy groups -OCH3 is 1. The first-order valence-corrected chi connectivity index (χ1v) is 6.91. The van der Waals surface area contributed by atoms with E-state index in [1.54, 1.807) is 7.11 Å². The molecule has 0 aliphatic carbocycles. The topological polar surface area (TPSA) is 33.7 Å². The van der Waals surface area contributed by atoms with Gasteiger partial charge in [-0.05, 0) is 38.3 Å². The minimum atomic E-state index is 0.618. The van der Waals surface area contributed by atoms with Crippen molar-refractivity contribution in [2.45, 2.75) is 25.3 Å². The molecule has 0 radical (unpaired) electrons. The van der Waals surface area contributed by atoms with E-state index in [4.69, 9.17) is 9.47 Å². The van der Waals surface area contributed by atoms with Crippen LogP contribution in [0.2, 0.25) is 0 Å². The van der Waals surface area contributed by atoms with Gasteiger partial charge in [-0.25, -0.2) is 0 Å². The van der Waals surface area contributed by atoms with Crippen LogP contribution in [-0.4, -0.2) is 64.1 Å². The van der Waals surface area contributed by atoms with Crippen LogP contribution in [0.1, 0.15) is 19.3 Å². The van der Waals surface area contributed by atoms with Crippen molar-refractivity contribution in [2.24, 2.45) is 5.92 Å². The Morgan fingerprint density at radius 1 is 1.41 bits per heavy atom. The first kappa shape index (κ1) is 13.3. The van der Waals surface area contributed by atoms with Crippen molar-refractivity contribution in [3.63, 3.8) is 0 Å². The van der Waals surface area contributed by atoms with Crippen LogP contribution in [-0.2, 0) is 9.47 Å². The molecule has 0 bridgehead atoms. The van der Waals surface area contributed by atoms with Gasteiger partial charge in [-0.3, -0.25) is 4.90 Å². The fourth-order valence-electron chi connectivity index (χ4n) is 2.85. The van der Waals surface area contributed by atoms with Crippen LogP contribution in [0.4, 0.5) is 0 Å². The van der Waals surface area contributed by atoms with E-state index in [1.165, 1.54) is 38.9 Å². The second kappa shape index (κ2) is 7.31. The third-order valence-electron chi connectivity index (χ3n) is 3.90. The van der Waals surface area contributed by atoms with Crippen molar-refractivity contribution in [1.29, 1.82) is 0 Å². The van der Waals surface area contributed by atoms with Crippen LogP contribution in [0, 0.1) is 5.92 Å². The number of nitrogens with one attached hydrogen (secondary N) is 1. The van der Waals surface area contributed by atoms with Crippen molar-refractivity contribution in [3.05, 3.63) is 0 Å². The number of rotatable bonds is 6. The third kappa shape index (κ3) is 4.21. The highest BCUT2D eigenvalue weighted by molar-refractivity contribution is 4.80. The second-order valence-corrected chi connectivity index (χ2v) is 5.22. The normalized spacial score (nSPS) is 30.0. The van der Waals surface area contributed by atoms with Crippen molar-refractivity contribution < 1.29 is 9.47 Å². The number of ether oxygens (including phenoxy) is 2. The lowest BCUT2D eigenvalue weighted by Crippen LogP contribution is -2.44. The van der Waals surface area contributed by atoms with Gasteiger partial charge >= 0.3 is 0 Å². The highest BCUT2D eigenvalue weighted by Crippen LogP contribution is 2.17.